The van der Waals surface area contributed by atoms with E-state index in [0.29, 0.717) is 37.5 Å². The molecule has 17 nitrogen and oxygen atoms in total. The zero-order valence-corrected chi connectivity index (χ0v) is 64.8. The highest BCUT2D eigenvalue weighted by atomic mass is 31.2. The van der Waals surface area contributed by atoms with Crippen LogP contribution < -0.4 is 0 Å². The maximum atomic E-state index is 13.1. The first-order valence-electron chi connectivity index (χ1n) is 39.7. The zero-order valence-electron chi connectivity index (χ0n) is 63.0. The van der Waals surface area contributed by atoms with Crippen molar-refractivity contribution in [3.8, 4) is 0 Å². The molecule has 0 radical (unpaired) electrons. The number of unbranched alkanes of at least 4 members (excludes halogenated alkanes) is 40. The van der Waals surface area contributed by atoms with Gasteiger partial charge in [0.25, 0.3) is 0 Å². The van der Waals surface area contributed by atoms with Gasteiger partial charge in [0.15, 0.2) is 12.2 Å². The number of aliphatic hydroxyl groups excluding tert-OH is 1. The molecule has 0 aliphatic rings. The van der Waals surface area contributed by atoms with E-state index in [4.69, 9.17) is 37.0 Å². The molecular formula is C77H150O17P2. The van der Waals surface area contributed by atoms with Gasteiger partial charge < -0.3 is 33.8 Å². The van der Waals surface area contributed by atoms with Crippen LogP contribution in [0.25, 0.3) is 0 Å². The van der Waals surface area contributed by atoms with Gasteiger partial charge in [0.05, 0.1) is 26.4 Å². The van der Waals surface area contributed by atoms with E-state index in [0.717, 1.165) is 108 Å². The van der Waals surface area contributed by atoms with Crippen molar-refractivity contribution in [3.05, 3.63) is 0 Å². The zero-order chi connectivity index (χ0) is 71.0. The summed E-state index contributed by atoms with van der Waals surface area (Å²) in [5.41, 5.74) is 0. The Morgan fingerprint density at radius 2 is 0.438 bits per heavy atom. The number of aliphatic hydroxyl groups is 1. The topological polar surface area (TPSA) is 237 Å². The molecular weight excluding hydrogens is 1260 g/mol. The van der Waals surface area contributed by atoms with Crippen LogP contribution in [0.15, 0.2) is 0 Å². The number of hydrogen-bond acceptors (Lipinski definition) is 15. The molecule has 0 saturated heterocycles. The molecule has 0 aliphatic heterocycles. The van der Waals surface area contributed by atoms with Crippen molar-refractivity contribution in [2.24, 2.45) is 23.7 Å². The van der Waals surface area contributed by atoms with Crippen molar-refractivity contribution in [2.75, 3.05) is 39.6 Å². The Kier molecular flexibility index (Phi) is 65.0. The van der Waals surface area contributed by atoms with Gasteiger partial charge in [0, 0.05) is 25.7 Å². The minimum Gasteiger partial charge on any atom is -0.462 e. The van der Waals surface area contributed by atoms with Crippen LogP contribution in [0.3, 0.4) is 0 Å². The molecule has 0 amide bonds. The fourth-order valence-corrected chi connectivity index (χ4v) is 13.3. The summed E-state index contributed by atoms with van der Waals surface area (Å²) in [7, 11) is -9.91. The average Bonchev–Trinajstić information content (AvgIpc) is 1.22. The predicted molar refractivity (Wildman–Crippen MR) is 391 cm³/mol. The summed E-state index contributed by atoms with van der Waals surface area (Å²) in [5.74, 6) is 0.865. The van der Waals surface area contributed by atoms with Gasteiger partial charge in [-0.25, -0.2) is 9.13 Å². The van der Waals surface area contributed by atoms with Gasteiger partial charge in [-0.15, -0.1) is 0 Å². The highest BCUT2D eigenvalue weighted by Gasteiger charge is 2.30. The number of carbonyl (C=O) groups excluding carboxylic acids is 4. The molecule has 0 saturated carbocycles. The van der Waals surface area contributed by atoms with Gasteiger partial charge in [-0.05, 0) is 49.4 Å². The summed E-state index contributed by atoms with van der Waals surface area (Å²) in [6, 6.07) is 0. The Labute approximate surface area is 588 Å². The Morgan fingerprint density at radius 3 is 0.646 bits per heavy atom. The molecule has 0 bridgehead atoms. The van der Waals surface area contributed by atoms with Crippen LogP contribution in [0, 0.1) is 23.7 Å². The van der Waals surface area contributed by atoms with Gasteiger partial charge in [0.2, 0.25) is 0 Å². The molecule has 570 valence electrons. The number of hydrogen-bond donors (Lipinski definition) is 3. The van der Waals surface area contributed by atoms with Crippen molar-refractivity contribution in [2.45, 2.75) is 408 Å². The maximum Gasteiger partial charge on any atom is 0.472 e. The number of carbonyl (C=O) groups is 4. The van der Waals surface area contributed by atoms with Gasteiger partial charge in [0.1, 0.15) is 19.3 Å². The largest absolute Gasteiger partial charge is 0.472 e. The predicted octanol–water partition coefficient (Wildman–Crippen LogP) is 22.4. The smallest absolute Gasteiger partial charge is 0.462 e. The van der Waals surface area contributed by atoms with Gasteiger partial charge in [-0.1, -0.05) is 338 Å². The third-order valence-corrected chi connectivity index (χ3v) is 19.7. The molecule has 19 heteroatoms. The first-order chi connectivity index (χ1) is 46.1. The summed E-state index contributed by atoms with van der Waals surface area (Å²) in [4.78, 5) is 72.7. The molecule has 0 aromatic carbocycles. The Hall–Kier alpha value is -1.94. The van der Waals surface area contributed by atoms with Crippen molar-refractivity contribution in [3.63, 3.8) is 0 Å². The quantitative estimate of drug-likeness (QED) is 0.0222. The second-order valence-electron chi connectivity index (χ2n) is 29.7. The molecule has 0 spiro atoms. The van der Waals surface area contributed by atoms with Crippen molar-refractivity contribution in [1.82, 2.24) is 0 Å². The molecule has 0 rings (SSSR count). The van der Waals surface area contributed by atoms with Crippen LogP contribution in [0.1, 0.15) is 389 Å². The molecule has 0 aliphatic carbocycles. The summed E-state index contributed by atoms with van der Waals surface area (Å²) in [5, 5.41) is 10.6. The monoisotopic (exact) mass is 1410 g/mol. The highest BCUT2D eigenvalue weighted by Crippen LogP contribution is 2.45. The van der Waals surface area contributed by atoms with E-state index in [2.05, 4.69) is 55.4 Å². The van der Waals surface area contributed by atoms with E-state index in [1.807, 2.05) is 0 Å². The summed E-state index contributed by atoms with van der Waals surface area (Å²) >= 11 is 0. The van der Waals surface area contributed by atoms with E-state index in [1.54, 1.807) is 0 Å². The van der Waals surface area contributed by atoms with E-state index in [9.17, 15) is 43.2 Å². The number of phosphoric acid groups is 2. The average molecular weight is 1410 g/mol. The van der Waals surface area contributed by atoms with E-state index in [-0.39, 0.29) is 25.7 Å². The lowest BCUT2D eigenvalue weighted by Gasteiger charge is -2.21. The number of phosphoric ester groups is 2. The second kappa shape index (κ2) is 66.3. The van der Waals surface area contributed by atoms with Crippen LogP contribution in [-0.4, -0.2) is 96.7 Å². The molecule has 3 unspecified atom stereocenters. The fraction of sp³-hybridized carbons (Fsp3) is 0.948. The first kappa shape index (κ1) is 94.1. The Balaban J connectivity index is 5.20. The normalized spacial score (nSPS) is 14.1. The lowest BCUT2D eigenvalue weighted by atomic mass is 10.0. The number of esters is 4. The summed E-state index contributed by atoms with van der Waals surface area (Å²) in [6.07, 6.45) is 51.7. The lowest BCUT2D eigenvalue weighted by Crippen LogP contribution is -2.30. The molecule has 0 aromatic rings. The summed E-state index contributed by atoms with van der Waals surface area (Å²) in [6.45, 7) is 14.1. The molecule has 5 atom stereocenters. The van der Waals surface area contributed by atoms with Crippen LogP contribution >= 0.6 is 15.6 Å². The van der Waals surface area contributed by atoms with E-state index in [1.165, 1.54) is 186 Å². The highest BCUT2D eigenvalue weighted by molar-refractivity contribution is 7.47. The molecule has 3 N–H and O–H groups in total. The molecule has 0 aromatic heterocycles. The molecule has 0 fully saturated rings. The maximum absolute atomic E-state index is 13.1. The Bertz CT molecular complexity index is 1880. The molecule has 96 heavy (non-hydrogen) atoms. The second-order valence-corrected chi connectivity index (χ2v) is 32.6. The van der Waals surface area contributed by atoms with Gasteiger partial charge in [-0.2, -0.15) is 0 Å². The van der Waals surface area contributed by atoms with E-state index < -0.39 is 97.5 Å². The van der Waals surface area contributed by atoms with Crippen molar-refractivity contribution >= 4 is 39.5 Å². The standard InChI is InChI=1S/C77H150O17P2/c1-67(2)53-45-37-29-24-20-16-12-9-10-14-19-23-27-33-43-51-59-76(81)93-72(63-87-74(79)57-49-41-32-26-22-18-15-11-13-17-21-25-30-38-46-54-68(3)4)65-91-95(83,84)89-61-71(78)62-90-96(85,86)92-66-73(94-77(82)60-52-44-36-35-40-48-56-70(7)8)64-88-75(80)58-50-42-34-28-31-39-47-55-69(5)6/h67-73,78H,9-66H2,1-8H3,(H,83,84)(H,85,86)/t71?,72-,73-/m1/s1. The fourth-order valence-electron chi connectivity index (χ4n) is 11.7. The van der Waals surface area contributed by atoms with E-state index >= 15 is 0 Å². The Morgan fingerprint density at radius 1 is 0.260 bits per heavy atom. The van der Waals surface area contributed by atoms with Crippen LogP contribution in [-0.2, 0) is 65.4 Å². The van der Waals surface area contributed by atoms with Crippen molar-refractivity contribution < 1.29 is 80.2 Å². The van der Waals surface area contributed by atoms with Gasteiger partial charge >= 0.3 is 39.5 Å². The number of ether oxygens (including phenoxy) is 4. The lowest BCUT2D eigenvalue weighted by molar-refractivity contribution is -0.161. The van der Waals surface area contributed by atoms with Crippen LogP contribution in [0.2, 0.25) is 0 Å². The minimum absolute atomic E-state index is 0.101. The third kappa shape index (κ3) is 70.5. The van der Waals surface area contributed by atoms with Crippen molar-refractivity contribution in [1.29, 1.82) is 0 Å². The molecule has 0 heterocycles. The summed E-state index contributed by atoms with van der Waals surface area (Å²) < 4.78 is 68.5. The van der Waals surface area contributed by atoms with Crippen LogP contribution in [0.4, 0.5) is 0 Å². The first-order valence-corrected chi connectivity index (χ1v) is 42.7. The number of rotatable bonds is 74. The van der Waals surface area contributed by atoms with Crippen LogP contribution in [0.5, 0.6) is 0 Å². The van der Waals surface area contributed by atoms with Gasteiger partial charge in [-0.3, -0.25) is 37.3 Å². The SMILES string of the molecule is CC(C)CCCCCCCCCCCCCCCCCCC(=O)O[C@H](COC(=O)CCCCCCCCCCCCCCCCCC(C)C)COP(=O)(O)OCC(O)COP(=O)(O)OC[C@@H](COC(=O)CCCCCCCCCC(C)C)OC(=O)CCCCCCCCC(C)C. The minimum atomic E-state index is -4.96. The third-order valence-electron chi connectivity index (χ3n) is 17.8.